The first kappa shape index (κ1) is 14.4. The Kier molecular flexibility index (Phi) is 4.42. The monoisotopic (exact) mass is 305 g/mol. The Morgan fingerprint density at radius 3 is 2.81 bits per heavy atom. The first-order valence-corrected chi connectivity index (χ1v) is 7.59. The van der Waals surface area contributed by atoms with Crippen LogP contribution in [0.25, 0.3) is 0 Å². The van der Waals surface area contributed by atoms with Crippen molar-refractivity contribution in [1.29, 1.82) is 0 Å². The van der Waals surface area contributed by atoms with E-state index in [0.29, 0.717) is 12.4 Å². The summed E-state index contributed by atoms with van der Waals surface area (Å²) in [6, 6.07) is 14.9. The fourth-order valence-corrected chi connectivity index (χ4v) is 2.91. The first-order chi connectivity index (χ1) is 10.3. The van der Waals surface area contributed by atoms with Crippen LogP contribution in [0.15, 0.2) is 48.5 Å². The molecule has 2 unspecified atom stereocenters. The van der Waals surface area contributed by atoms with Crippen LogP contribution in [-0.2, 0) is 6.42 Å². The van der Waals surface area contributed by atoms with Crippen molar-refractivity contribution in [2.24, 2.45) is 0 Å². The number of hydrogen-bond donors (Lipinski definition) is 1. The summed E-state index contributed by atoms with van der Waals surface area (Å²) in [6.45, 7) is 0.683. The van der Waals surface area contributed by atoms with Crippen molar-refractivity contribution in [2.75, 3.05) is 12.4 Å². The molecule has 2 nitrogen and oxygen atoms in total. The lowest BCUT2D eigenvalue weighted by molar-refractivity contribution is 0.223. The molecule has 0 amide bonds. The van der Waals surface area contributed by atoms with E-state index >= 15 is 0 Å². The quantitative estimate of drug-likeness (QED) is 0.851. The van der Waals surface area contributed by atoms with E-state index in [1.807, 2.05) is 18.2 Å². The highest BCUT2D eigenvalue weighted by molar-refractivity contribution is 6.18. The zero-order valence-electron chi connectivity index (χ0n) is 11.6. The number of hydrogen-bond acceptors (Lipinski definition) is 2. The van der Waals surface area contributed by atoms with E-state index in [-0.39, 0.29) is 18.0 Å². The SMILES string of the molecule is Fc1ccc2c(c1)CC(CNC(CCl)c1ccccc1)O2. The minimum atomic E-state index is -0.214. The average molecular weight is 306 g/mol. The normalized spacial score (nSPS) is 18.1. The molecule has 0 aromatic heterocycles. The Balaban J connectivity index is 1.59. The van der Waals surface area contributed by atoms with Crippen LogP contribution in [-0.4, -0.2) is 18.5 Å². The second-order valence-electron chi connectivity index (χ2n) is 5.22. The van der Waals surface area contributed by atoms with Crippen LogP contribution in [0.3, 0.4) is 0 Å². The van der Waals surface area contributed by atoms with Gasteiger partial charge in [-0.15, -0.1) is 11.6 Å². The van der Waals surface area contributed by atoms with Gasteiger partial charge in [-0.2, -0.15) is 0 Å². The molecule has 0 spiro atoms. The predicted octanol–water partition coefficient (Wildman–Crippen LogP) is 3.70. The van der Waals surface area contributed by atoms with E-state index in [9.17, 15) is 4.39 Å². The van der Waals surface area contributed by atoms with E-state index < -0.39 is 0 Å². The van der Waals surface area contributed by atoms with Crippen molar-refractivity contribution >= 4 is 11.6 Å². The van der Waals surface area contributed by atoms with Gasteiger partial charge < -0.3 is 10.1 Å². The zero-order chi connectivity index (χ0) is 14.7. The van der Waals surface area contributed by atoms with Crippen molar-refractivity contribution in [3.05, 3.63) is 65.5 Å². The van der Waals surface area contributed by atoms with Crippen LogP contribution >= 0.6 is 11.6 Å². The van der Waals surface area contributed by atoms with Gasteiger partial charge in [0.05, 0.1) is 0 Å². The van der Waals surface area contributed by atoms with Gasteiger partial charge in [0.2, 0.25) is 0 Å². The van der Waals surface area contributed by atoms with Gasteiger partial charge >= 0.3 is 0 Å². The maximum absolute atomic E-state index is 13.2. The van der Waals surface area contributed by atoms with Crippen molar-refractivity contribution < 1.29 is 9.13 Å². The van der Waals surface area contributed by atoms with Crippen LogP contribution in [0.5, 0.6) is 5.75 Å². The van der Waals surface area contributed by atoms with Crippen molar-refractivity contribution in [1.82, 2.24) is 5.32 Å². The highest BCUT2D eigenvalue weighted by atomic mass is 35.5. The summed E-state index contributed by atoms with van der Waals surface area (Å²) in [5.41, 5.74) is 2.10. The van der Waals surface area contributed by atoms with Gasteiger partial charge in [0.25, 0.3) is 0 Å². The molecule has 2 aromatic carbocycles. The van der Waals surface area contributed by atoms with Crippen molar-refractivity contribution in [3.63, 3.8) is 0 Å². The Morgan fingerprint density at radius 2 is 2.05 bits per heavy atom. The minimum absolute atomic E-state index is 0.0243. The molecule has 1 N–H and O–H groups in total. The molecule has 1 aliphatic heterocycles. The number of ether oxygens (including phenoxy) is 1. The molecule has 1 heterocycles. The number of alkyl halides is 1. The average Bonchev–Trinajstić information content (AvgIpc) is 2.91. The summed E-state index contributed by atoms with van der Waals surface area (Å²) in [7, 11) is 0. The van der Waals surface area contributed by atoms with Crippen LogP contribution in [0.2, 0.25) is 0 Å². The lowest BCUT2D eigenvalue weighted by atomic mass is 10.1. The van der Waals surface area contributed by atoms with Gasteiger partial charge in [-0.25, -0.2) is 4.39 Å². The molecule has 2 atom stereocenters. The molecular weight excluding hydrogens is 289 g/mol. The number of rotatable bonds is 5. The van der Waals surface area contributed by atoms with Crippen molar-refractivity contribution in [2.45, 2.75) is 18.6 Å². The smallest absolute Gasteiger partial charge is 0.123 e. The molecule has 0 saturated carbocycles. The van der Waals surface area contributed by atoms with Gasteiger partial charge in [0.1, 0.15) is 17.7 Å². The van der Waals surface area contributed by atoms with E-state index in [1.54, 1.807) is 12.1 Å². The Hall–Kier alpha value is -1.58. The summed E-state index contributed by atoms with van der Waals surface area (Å²) < 4.78 is 19.0. The molecule has 0 aliphatic carbocycles. The minimum Gasteiger partial charge on any atom is -0.488 e. The van der Waals surface area contributed by atoms with Gasteiger partial charge in [0, 0.05) is 30.5 Å². The standard InChI is InChI=1S/C17H17ClFNO/c18-10-16(12-4-2-1-3-5-12)20-11-15-9-13-8-14(19)6-7-17(13)21-15/h1-8,15-16,20H,9-11H2. The summed E-state index contributed by atoms with van der Waals surface area (Å²) in [5, 5.41) is 3.43. The Morgan fingerprint density at radius 1 is 1.24 bits per heavy atom. The molecular formula is C17H17ClFNO. The summed E-state index contributed by atoms with van der Waals surface area (Å²) in [4.78, 5) is 0. The van der Waals surface area contributed by atoms with Crippen LogP contribution in [0, 0.1) is 5.82 Å². The Labute approximate surface area is 128 Å². The third-order valence-electron chi connectivity index (χ3n) is 3.71. The molecule has 0 radical (unpaired) electrons. The summed E-state index contributed by atoms with van der Waals surface area (Å²) in [5.74, 6) is 1.07. The Bertz CT molecular complexity index is 605. The molecule has 2 aromatic rings. The number of halogens is 2. The number of nitrogens with one attached hydrogen (secondary N) is 1. The second-order valence-corrected chi connectivity index (χ2v) is 5.53. The van der Waals surface area contributed by atoms with E-state index in [4.69, 9.17) is 16.3 Å². The van der Waals surface area contributed by atoms with E-state index in [0.717, 1.165) is 23.3 Å². The largest absolute Gasteiger partial charge is 0.488 e. The molecule has 3 rings (SSSR count). The van der Waals surface area contributed by atoms with Gasteiger partial charge in [-0.05, 0) is 23.8 Å². The van der Waals surface area contributed by atoms with E-state index in [2.05, 4.69) is 17.4 Å². The molecule has 0 saturated heterocycles. The molecule has 0 fully saturated rings. The molecule has 110 valence electrons. The highest BCUT2D eigenvalue weighted by Gasteiger charge is 2.24. The fourth-order valence-electron chi connectivity index (χ4n) is 2.62. The van der Waals surface area contributed by atoms with Crippen LogP contribution in [0.1, 0.15) is 17.2 Å². The number of benzene rings is 2. The van der Waals surface area contributed by atoms with E-state index in [1.165, 1.54) is 6.07 Å². The predicted molar refractivity (Wildman–Crippen MR) is 82.4 cm³/mol. The highest BCUT2D eigenvalue weighted by Crippen LogP contribution is 2.29. The first-order valence-electron chi connectivity index (χ1n) is 7.05. The zero-order valence-corrected chi connectivity index (χ0v) is 12.3. The summed E-state index contributed by atoms with van der Waals surface area (Å²) in [6.07, 6.45) is 0.750. The molecule has 21 heavy (non-hydrogen) atoms. The molecule has 0 bridgehead atoms. The second kappa shape index (κ2) is 6.46. The third kappa shape index (κ3) is 3.36. The maximum atomic E-state index is 13.2. The topological polar surface area (TPSA) is 21.3 Å². The lowest BCUT2D eigenvalue weighted by Crippen LogP contribution is -2.33. The van der Waals surface area contributed by atoms with Crippen LogP contribution in [0.4, 0.5) is 4.39 Å². The lowest BCUT2D eigenvalue weighted by Gasteiger charge is -2.19. The van der Waals surface area contributed by atoms with Gasteiger partial charge in [-0.3, -0.25) is 0 Å². The molecule has 4 heteroatoms. The fraction of sp³-hybridized carbons (Fsp3) is 0.294. The molecule has 1 aliphatic rings. The summed E-state index contributed by atoms with van der Waals surface area (Å²) >= 11 is 6.04. The van der Waals surface area contributed by atoms with Gasteiger partial charge in [-0.1, -0.05) is 30.3 Å². The maximum Gasteiger partial charge on any atom is 0.123 e. The van der Waals surface area contributed by atoms with Crippen molar-refractivity contribution in [3.8, 4) is 5.75 Å². The number of fused-ring (bicyclic) bond motifs is 1. The van der Waals surface area contributed by atoms with Gasteiger partial charge in [0.15, 0.2) is 0 Å². The van der Waals surface area contributed by atoms with Crippen LogP contribution < -0.4 is 10.1 Å². The third-order valence-corrected chi connectivity index (χ3v) is 4.02.